The van der Waals surface area contributed by atoms with Gasteiger partial charge in [-0.3, -0.25) is 4.57 Å². The van der Waals surface area contributed by atoms with E-state index in [0.717, 1.165) is 21.3 Å². The Balaban J connectivity index is 1.52. The summed E-state index contributed by atoms with van der Waals surface area (Å²) in [6, 6.07) is 28.7. The van der Waals surface area contributed by atoms with Crippen LogP contribution < -0.4 is 16.2 Å². The smallest absolute Gasteiger partial charge is 0.351 e. The van der Waals surface area contributed by atoms with Crippen LogP contribution in [0.3, 0.4) is 0 Å². The van der Waals surface area contributed by atoms with Crippen molar-refractivity contribution in [1.82, 2.24) is 9.55 Å². The molecule has 188 valence electrons. The molecule has 37 heavy (non-hydrogen) atoms. The van der Waals surface area contributed by atoms with Gasteiger partial charge in [-0.25, -0.2) is 9.18 Å². The second-order valence-electron chi connectivity index (χ2n) is 8.57. The predicted octanol–water partition coefficient (Wildman–Crippen LogP) is 4.59. The Bertz CT molecular complexity index is 1400. The molecule has 4 aromatic rings. The Morgan fingerprint density at radius 3 is 2.11 bits per heavy atom. The van der Waals surface area contributed by atoms with Gasteiger partial charge in [-0.15, -0.1) is 0 Å². The van der Waals surface area contributed by atoms with Crippen molar-refractivity contribution >= 4 is 5.82 Å². The van der Waals surface area contributed by atoms with Crippen molar-refractivity contribution < 1.29 is 18.6 Å². The molecule has 8 heteroatoms. The van der Waals surface area contributed by atoms with Crippen molar-refractivity contribution in [3.05, 3.63) is 136 Å². The van der Waals surface area contributed by atoms with E-state index in [9.17, 15) is 9.18 Å². The summed E-state index contributed by atoms with van der Waals surface area (Å²) in [5.41, 5.74) is 6.49. The van der Waals surface area contributed by atoms with Crippen LogP contribution in [0, 0.1) is 0 Å². The van der Waals surface area contributed by atoms with Crippen LogP contribution in [0.25, 0.3) is 0 Å². The molecule has 2 N–H and O–H groups in total. The van der Waals surface area contributed by atoms with Crippen molar-refractivity contribution in [2.24, 2.45) is 0 Å². The lowest BCUT2D eigenvalue weighted by atomic mass is 9.80. The normalized spacial score (nSPS) is 17.4. The minimum Gasteiger partial charge on any atom is -0.497 e. The van der Waals surface area contributed by atoms with Crippen molar-refractivity contribution in [3.63, 3.8) is 0 Å². The molecule has 0 saturated carbocycles. The number of anilines is 1. The van der Waals surface area contributed by atoms with Crippen LogP contribution in [0.4, 0.5) is 10.2 Å². The molecule has 0 spiro atoms. The Kier molecular flexibility index (Phi) is 6.85. The van der Waals surface area contributed by atoms with E-state index in [2.05, 4.69) is 4.98 Å². The first-order valence-electron chi connectivity index (χ1n) is 11.8. The number of rotatable bonds is 8. The van der Waals surface area contributed by atoms with Crippen LogP contribution in [0.5, 0.6) is 5.75 Å². The average molecular weight is 500 g/mol. The van der Waals surface area contributed by atoms with Crippen molar-refractivity contribution in [2.45, 2.75) is 17.9 Å². The molecule has 0 aliphatic carbocycles. The number of nitrogen functional groups attached to an aromatic ring is 1. The molecular weight excluding hydrogens is 473 g/mol. The molecule has 0 bridgehead atoms. The van der Waals surface area contributed by atoms with Crippen LogP contribution in [0.1, 0.15) is 22.9 Å². The first-order chi connectivity index (χ1) is 18.0. The molecule has 7 nitrogen and oxygen atoms in total. The van der Waals surface area contributed by atoms with Gasteiger partial charge in [0.05, 0.1) is 13.7 Å². The molecular formula is C29H26FN3O4. The molecule has 0 saturated heterocycles. The average Bonchev–Trinajstić information content (AvgIpc) is 3.30. The minimum absolute atomic E-state index is 0.0108. The minimum atomic E-state index is -1.24. The fourth-order valence-corrected chi connectivity index (χ4v) is 4.55. The van der Waals surface area contributed by atoms with Crippen LogP contribution in [0.2, 0.25) is 0 Å². The summed E-state index contributed by atoms with van der Waals surface area (Å²) in [6.45, 7) is 0.0108. The maximum absolute atomic E-state index is 14.9. The number of benzene rings is 3. The van der Waals surface area contributed by atoms with Crippen molar-refractivity contribution in [3.8, 4) is 5.75 Å². The van der Waals surface area contributed by atoms with Gasteiger partial charge in [0, 0.05) is 6.20 Å². The van der Waals surface area contributed by atoms with Crippen LogP contribution >= 0.6 is 0 Å². The predicted molar refractivity (Wildman–Crippen MR) is 138 cm³/mol. The largest absolute Gasteiger partial charge is 0.497 e. The van der Waals surface area contributed by atoms with E-state index in [0.29, 0.717) is 5.75 Å². The first kappa shape index (κ1) is 24.4. The van der Waals surface area contributed by atoms with E-state index in [1.54, 1.807) is 7.11 Å². The lowest BCUT2D eigenvalue weighted by Crippen LogP contribution is -2.36. The Hall–Kier alpha value is -4.27. The zero-order valence-corrected chi connectivity index (χ0v) is 20.2. The summed E-state index contributed by atoms with van der Waals surface area (Å²) in [6.07, 6.45) is 0.696. The van der Waals surface area contributed by atoms with Gasteiger partial charge in [0.15, 0.2) is 6.23 Å². The number of aromatic nitrogens is 2. The third kappa shape index (κ3) is 4.76. The Morgan fingerprint density at radius 1 is 0.946 bits per heavy atom. The molecule has 0 unspecified atom stereocenters. The highest BCUT2D eigenvalue weighted by Gasteiger charge is 2.39. The topological polar surface area (TPSA) is 88.6 Å². The van der Waals surface area contributed by atoms with E-state index in [1.807, 2.05) is 84.9 Å². The second-order valence-corrected chi connectivity index (χ2v) is 8.57. The maximum atomic E-state index is 14.9. The van der Waals surface area contributed by atoms with Crippen LogP contribution in [-0.2, 0) is 15.1 Å². The van der Waals surface area contributed by atoms with E-state index in [-0.39, 0.29) is 12.4 Å². The molecule has 1 aliphatic heterocycles. The molecule has 0 fully saturated rings. The summed E-state index contributed by atoms with van der Waals surface area (Å²) in [7, 11) is 1.61. The monoisotopic (exact) mass is 499 g/mol. The van der Waals surface area contributed by atoms with E-state index >= 15 is 0 Å². The number of methoxy groups -OCH3 is 1. The van der Waals surface area contributed by atoms with Gasteiger partial charge in [-0.1, -0.05) is 72.8 Å². The summed E-state index contributed by atoms with van der Waals surface area (Å²) in [5.74, 6) is 0.170. The third-order valence-corrected chi connectivity index (χ3v) is 6.31. The van der Waals surface area contributed by atoms with Gasteiger partial charge in [-0.2, -0.15) is 4.98 Å². The highest BCUT2D eigenvalue weighted by molar-refractivity contribution is 5.48. The Morgan fingerprint density at radius 2 is 1.54 bits per heavy atom. The van der Waals surface area contributed by atoms with Gasteiger partial charge >= 0.3 is 5.69 Å². The number of nitrogens with zero attached hydrogens (tertiary/aromatic N) is 2. The molecule has 3 aromatic carbocycles. The summed E-state index contributed by atoms with van der Waals surface area (Å²) in [5, 5.41) is 0. The summed E-state index contributed by atoms with van der Waals surface area (Å²) >= 11 is 0. The van der Waals surface area contributed by atoms with Crippen molar-refractivity contribution in [1.29, 1.82) is 0 Å². The van der Waals surface area contributed by atoms with Gasteiger partial charge in [0.1, 0.15) is 29.1 Å². The number of hydrogen-bond acceptors (Lipinski definition) is 6. The number of halogens is 1. The zero-order valence-electron chi connectivity index (χ0n) is 20.2. The molecule has 1 aliphatic rings. The highest BCUT2D eigenvalue weighted by atomic mass is 19.1. The highest BCUT2D eigenvalue weighted by Crippen LogP contribution is 2.42. The second kappa shape index (κ2) is 10.4. The van der Waals surface area contributed by atoms with Gasteiger partial charge in [0.2, 0.25) is 0 Å². The SMILES string of the molecule is COc1ccc(C(OC[C@@H]2C=C(F)[C@H](n3ccc(N)nc3=O)O2)(c2ccccc2)c2ccccc2)cc1. The molecule has 0 amide bonds. The molecule has 2 heterocycles. The molecule has 5 rings (SSSR count). The quantitative estimate of drug-likeness (QED) is 0.357. The first-order valence-corrected chi connectivity index (χ1v) is 11.8. The summed E-state index contributed by atoms with van der Waals surface area (Å²) in [4.78, 5) is 15.9. The molecule has 1 aromatic heterocycles. The standard InChI is InChI=1S/C29H26FN3O4/c1-35-23-14-12-22(13-15-23)29(20-8-4-2-5-9-20,21-10-6-3-7-11-21)36-19-24-18-25(30)27(37-24)33-17-16-26(31)32-28(33)34/h2-18,24,27H,19H2,1H3,(H2,31,32,34)/t24-,27+/m0/s1. The third-order valence-electron chi connectivity index (χ3n) is 6.31. The fraction of sp³-hybridized carbons (Fsp3) is 0.172. The number of ether oxygens (including phenoxy) is 3. The van der Waals surface area contributed by atoms with E-state index < -0.39 is 29.4 Å². The zero-order chi connectivity index (χ0) is 25.8. The molecule has 0 radical (unpaired) electrons. The fourth-order valence-electron chi connectivity index (χ4n) is 4.55. The van der Waals surface area contributed by atoms with Crippen LogP contribution in [0.15, 0.2) is 114 Å². The van der Waals surface area contributed by atoms with Gasteiger partial charge in [-0.05, 0) is 41.0 Å². The van der Waals surface area contributed by atoms with Gasteiger partial charge < -0.3 is 19.9 Å². The summed E-state index contributed by atoms with van der Waals surface area (Å²) < 4.78 is 34.0. The van der Waals surface area contributed by atoms with E-state index in [1.165, 1.54) is 18.3 Å². The Labute approximate surface area is 213 Å². The maximum Gasteiger partial charge on any atom is 0.351 e. The number of hydrogen-bond donors (Lipinski definition) is 1. The number of nitrogens with two attached hydrogens (primary N) is 1. The molecule has 2 atom stereocenters. The van der Waals surface area contributed by atoms with Gasteiger partial charge in [0.25, 0.3) is 0 Å². The lowest BCUT2D eigenvalue weighted by molar-refractivity contribution is -0.0731. The van der Waals surface area contributed by atoms with Crippen molar-refractivity contribution in [2.75, 3.05) is 19.5 Å². The lowest BCUT2D eigenvalue weighted by Gasteiger charge is -2.36. The van der Waals surface area contributed by atoms with Crippen LogP contribution in [-0.4, -0.2) is 29.4 Å². The van der Waals surface area contributed by atoms with E-state index in [4.69, 9.17) is 19.9 Å².